The molecular weight excluding hydrogens is 218 g/mol. The molecule has 3 rings (SSSR count). The van der Waals surface area contributed by atoms with Crippen molar-refractivity contribution in [3.8, 4) is 0 Å². The molecule has 1 aromatic carbocycles. The minimum absolute atomic E-state index is 0.969. The summed E-state index contributed by atoms with van der Waals surface area (Å²) in [5, 5.41) is 3.70. The Morgan fingerprint density at radius 3 is 2.06 bits per heavy atom. The molecule has 0 bridgehead atoms. The van der Waals surface area contributed by atoms with Crippen LogP contribution >= 0.6 is 0 Å². The molecule has 1 heteroatoms. The van der Waals surface area contributed by atoms with Crippen molar-refractivity contribution in [2.24, 2.45) is 17.8 Å². The molecule has 98 valence electrons. The second-order valence-electron chi connectivity index (χ2n) is 6.16. The fourth-order valence-corrected chi connectivity index (χ4v) is 3.43. The van der Waals surface area contributed by atoms with E-state index in [1.54, 1.807) is 0 Å². The normalized spacial score (nSPS) is 20.7. The van der Waals surface area contributed by atoms with Crippen LogP contribution in [0.5, 0.6) is 0 Å². The van der Waals surface area contributed by atoms with Crippen molar-refractivity contribution < 1.29 is 0 Å². The van der Waals surface area contributed by atoms with Crippen LogP contribution in [0.2, 0.25) is 0 Å². The highest BCUT2D eigenvalue weighted by Gasteiger charge is 2.35. The fourth-order valence-electron chi connectivity index (χ4n) is 3.43. The van der Waals surface area contributed by atoms with Crippen LogP contribution in [-0.4, -0.2) is 6.54 Å². The van der Waals surface area contributed by atoms with Crippen molar-refractivity contribution in [1.29, 1.82) is 0 Å². The average Bonchev–Trinajstić information content (AvgIpc) is 2.25. The third kappa shape index (κ3) is 2.77. The zero-order valence-electron chi connectivity index (χ0n) is 11.3. The largest absolute Gasteiger partial charge is 0.312 e. The molecule has 0 amide bonds. The summed E-state index contributed by atoms with van der Waals surface area (Å²) >= 11 is 0. The monoisotopic (exact) mass is 243 g/mol. The lowest BCUT2D eigenvalue weighted by Gasteiger charge is -2.42. The Bertz CT molecular complexity index is 337. The van der Waals surface area contributed by atoms with Gasteiger partial charge in [-0.05, 0) is 29.9 Å². The maximum Gasteiger partial charge on any atom is 0.0205 e. The van der Waals surface area contributed by atoms with Gasteiger partial charge in [-0.15, -0.1) is 0 Å². The van der Waals surface area contributed by atoms with E-state index in [-0.39, 0.29) is 0 Å². The Labute approximate surface area is 111 Å². The lowest BCUT2D eigenvalue weighted by Crippen LogP contribution is -2.39. The zero-order valence-corrected chi connectivity index (χ0v) is 11.3. The molecule has 0 atom stereocenters. The van der Waals surface area contributed by atoms with E-state index >= 15 is 0 Å². The van der Waals surface area contributed by atoms with E-state index in [2.05, 4.69) is 35.6 Å². The summed E-state index contributed by atoms with van der Waals surface area (Å²) in [4.78, 5) is 0. The molecule has 0 heterocycles. The van der Waals surface area contributed by atoms with E-state index < -0.39 is 0 Å². The summed E-state index contributed by atoms with van der Waals surface area (Å²) in [5.41, 5.74) is 1.42. The molecule has 0 radical (unpaired) electrons. The van der Waals surface area contributed by atoms with Gasteiger partial charge in [0, 0.05) is 6.54 Å². The Kier molecular flexibility index (Phi) is 3.99. The number of hydrogen-bond donors (Lipinski definition) is 1. The molecule has 0 aliphatic heterocycles. The smallest absolute Gasteiger partial charge is 0.0205 e. The zero-order chi connectivity index (χ0) is 12.2. The van der Waals surface area contributed by atoms with Crippen LogP contribution in [0.3, 0.4) is 0 Å². The quantitative estimate of drug-likeness (QED) is 0.796. The summed E-state index contributed by atoms with van der Waals surface area (Å²) in [7, 11) is 0. The molecule has 0 aromatic heterocycles. The molecule has 2 saturated carbocycles. The first kappa shape index (κ1) is 12.2. The van der Waals surface area contributed by atoms with Gasteiger partial charge in [-0.3, -0.25) is 0 Å². The molecule has 1 nitrogen and oxygen atoms in total. The van der Waals surface area contributed by atoms with Gasteiger partial charge < -0.3 is 5.32 Å². The second kappa shape index (κ2) is 5.88. The van der Waals surface area contributed by atoms with Gasteiger partial charge in [-0.1, -0.05) is 68.9 Å². The molecule has 0 spiro atoms. The second-order valence-corrected chi connectivity index (χ2v) is 6.16. The van der Waals surface area contributed by atoms with Crippen LogP contribution in [0.4, 0.5) is 0 Å². The van der Waals surface area contributed by atoms with E-state index in [0.717, 1.165) is 24.3 Å². The van der Waals surface area contributed by atoms with Gasteiger partial charge in [-0.25, -0.2) is 0 Å². The van der Waals surface area contributed by atoms with Gasteiger partial charge in [0.05, 0.1) is 0 Å². The topological polar surface area (TPSA) is 12.0 Å². The molecule has 18 heavy (non-hydrogen) atoms. The summed E-state index contributed by atoms with van der Waals surface area (Å²) in [6.07, 6.45) is 8.93. The molecule has 1 N–H and O–H groups in total. The predicted molar refractivity (Wildman–Crippen MR) is 76.3 cm³/mol. The Hall–Kier alpha value is -0.820. The highest BCUT2D eigenvalue weighted by atomic mass is 14.9. The lowest BCUT2D eigenvalue weighted by molar-refractivity contribution is 0.0916. The SMILES string of the molecule is c1ccc(CNCC(C2CCC2)C2CCC2)cc1. The van der Waals surface area contributed by atoms with Crippen LogP contribution in [0, 0.1) is 17.8 Å². The van der Waals surface area contributed by atoms with E-state index in [1.165, 1.54) is 50.6 Å². The van der Waals surface area contributed by atoms with Gasteiger partial charge in [0.2, 0.25) is 0 Å². The van der Waals surface area contributed by atoms with Gasteiger partial charge in [0.15, 0.2) is 0 Å². The van der Waals surface area contributed by atoms with Crippen molar-refractivity contribution in [2.75, 3.05) is 6.54 Å². The molecule has 2 aliphatic carbocycles. The first-order chi connectivity index (χ1) is 8.93. The van der Waals surface area contributed by atoms with Crippen molar-refractivity contribution in [3.05, 3.63) is 35.9 Å². The number of rotatable bonds is 6. The summed E-state index contributed by atoms with van der Waals surface area (Å²) in [5.74, 6) is 3.05. The standard InChI is InChI=1S/C17H25N/c1-2-6-14(7-3-1)12-18-13-17(15-8-4-9-15)16-10-5-11-16/h1-3,6-7,15-18H,4-5,8-13H2. The Morgan fingerprint density at radius 1 is 0.944 bits per heavy atom. The van der Waals surface area contributed by atoms with Gasteiger partial charge in [0.1, 0.15) is 0 Å². The number of benzene rings is 1. The van der Waals surface area contributed by atoms with Crippen LogP contribution in [-0.2, 0) is 6.54 Å². The molecule has 1 aromatic rings. The Morgan fingerprint density at radius 2 is 1.56 bits per heavy atom. The van der Waals surface area contributed by atoms with E-state index in [9.17, 15) is 0 Å². The predicted octanol–water partition coefficient (Wildman–Crippen LogP) is 3.99. The molecule has 0 unspecified atom stereocenters. The Balaban J connectivity index is 1.47. The van der Waals surface area contributed by atoms with E-state index in [4.69, 9.17) is 0 Å². The lowest BCUT2D eigenvalue weighted by atomic mass is 9.64. The van der Waals surface area contributed by atoms with Crippen LogP contribution in [0.15, 0.2) is 30.3 Å². The van der Waals surface area contributed by atoms with Crippen molar-refractivity contribution in [3.63, 3.8) is 0 Å². The molecule has 2 fully saturated rings. The maximum atomic E-state index is 3.70. The van der Waals surface area contributed by atoms with E-state index in [0.29, 0.717) is 0 Å². The highest BCUT2D eigenvalue weighted by Crippen LogP contribution is 2.44. The summed E-state index contributed by atoms with van der Waals surface area (Å²) in [6, 6.07) is 10.8. The number of hydrogen-bond acceptors (Lipinski definition) is 1. The third-order valence-corrected chi connectivity index (χ3v) is 5.06. The van der Waals surface area contributed by atoms with Gasteiger partial charge in [0.25, 0.3) is 0 Å². The van der Waals surface area contributed by atoms with Crippen LogP contribution in [0.25, 0.3) is 0 Å². The minimum atomic E-state index is 0.969. The van der Waals surface area contributed by atoms with Crippen molar-refractivity contribution in [2.45, 2.75) is 45.1 Å². The van der Waals surface area contributed by atoms with Crippen molar-refractivity contribution in [1.82, 2.24) is 5.32 Å². The molecule has 2 aliphatic rings. The summed E-state index contributed by atoms with van der Waals surface area (Å²) < 4.78 is 0. The summed E-state index contributed by atoms with van der Waals surface area (Å²) in [6.45, 7) is 2.28. The average molecular weight is 243 g/mol. The third-order valence-electron chi connectivity index (χ3n) is 5.06. The van der Waals surface area contributed by atoms with Gasteiger partial charge in [-0.2, -0.15) is 0 Å². The van der Waals surface area contributed by atoms with E-state index in [1.807, 2.05) is 0 Å². The molecular formula is C17H25N. The van der Waals surface area contributed by atoms with Crippen LogP contribution in [0.1, 0.15) is 44.1 Å². The number of nitrogens with one attached hydrogen (secondary N) is 1. The molecule has 0 saturated heterocycles. The first-order valence-corrected chi connectivity index (χ1v) is 7.68. The van der Waals surface area contributed by atoms with Crippen molar-refractivity contribution >= 4 is 0 Å². The maximum absolute atomic E-state index is 3.70. The first-order valence-electron chi connectivity index (χ1n) is 7.68. The van der Waals surface area contributed by atoms with Gasteiger partial charge >= 0.3 is 0 Å². The highest BCUT2D eigenvalue weighted by molar-refractivity contribution is 5.14. The fraction of sp³-hybridized carbons (Fsp3) is 0.647. The minimum Gasteiger partial charge on any atom is -0.312 e. The van der Waals surface area contributed by atoms with Crippen LogP contribution < -0.4 is 5.32 Å².